The minimum absolute atomic E-state index is 0.0874. The molecule has 122 valence electrons. The zero-order valence-corrected chi connectivity index (χ0v) is 13.6. The van der Waals surface area contributed by atoms with Crippen molar-refractivity contribution in [3.8, 4) is 0 Å². The van der Waals surface area contributed by atoms with Crippen LogP contribution < -0.4 is 5.32 Å². The van der Waals surface area contributed by atoms with E-state index >= 15 is 0 Å². The number of carbonyl (C=O) groups is 1. The van der Waals surface area contributed by atoms with Crippen LogP contribution in [0.15, 0.2) is 6.20 Å². The van der Waals surface area contributed by atoms with Gasteiger partial charge in [-0.15, -0.1) is 0 Å². The summed E-state index contributed by atoms with van der Waals surface area (Å²) in [7, 11) is -3.17. The number of amides is 1. The summed E-state index contributed by atoms with van der Waals surface area (Å²) in [5.74, 6) is 1.55. The second-order valence-electron chi connectivity index (χ2n) is 6.15. The van der Waals surface area contributed by atoms with E-state index in [0.29, 0.717) is 44.9 Å². The average molecular weight is 326 g/mol. The summed E-state index contributed by atoms with van der Waals surface area (Å²) in [6.45, 7) is 1.95. The highest BCUT2D eigenvalue weighted by atomic mass is 32.2. The van der Waals surface area contributed by atoms with Gasteiger partial charge in [-0.3, -0.25) is 4.79 Å². The third kappa shape index (κ3) is 3.67. The van der Waals surface area contributed by atoms with Crippen LogP contribution in [-0.4, -0.2) is 47.5 Å². The minimum Gasteiger partial charge on any atom is -0.350 e. The fraction of sp³-hybridized carbons (Fsp3) is 0.714. The maximum Gasteiger partial charge on any atom is 0.220 e. The molecule has 0 bridgehead atoms. The van der Waals surface area contributed by atoms with Gasteiger partial charge in [0.2, 0.25) is 15.9 Å². The Bertz CT molecular complexity index is 664. The topological polar surface area (TPSA) is 84.3 Å². The van der Waals surface area contributed by atoms with Crippen molar-refractivity contribution in [2.24, 2.45) is 5.92 Å². The highest BCUT2D eigenvalue weighted by molar-refractivity contribution is 7.88. The Morgan fingerprint density at radius 3 is 2.82 bits per heavy atom. The van der Waals surface area contributed by atoms with E-state index in [9.17, 15) is 13.2 Å². The molecule has 1 N–H and O–H groups in total. The molecule has 2 aliphatic rings. The van der Waals surface area contributed by atoms with Gasteiger partial charge in [-0.2, -0.15) is 4.31 Å². The van der Waals surface area contributed by atoms with Crippen molar-refractivity contribution < 1.29 is 13.2 Å². The van der Waals surface area contributed by atoms with Gasteiger partial charge < -0.3 is 9.88 Å². The number of nitrogens with one attached hydrogen (secondary N) is 1. The van der Waals surface area contributed by atoms with Crippen molar-refractivity contribution in [1.29, 1.82) is 0 Å². The minimum atomic E-state index is -3.17. The molecule has 0 aromatic carbocycles. The molecule has 1 aliphatic heterocycles. The van der Waals surface area contributed by atoms with E-state index in [-0.39, 0.29) is 5.91 Å². The molecule has 1 aromatic heterocycles. The third-order valence-electron chi connectivity index (χ3n) is 4.29. The Hall–Kier alpha value is -1.41. The Balaban J connectivity index is 1.62. The lowest BCUT2D eigenvalue weighted by Crippen LogP contribution is -2.32. The summed E-state index contributed by atoms with van der Waals surface area (Å²) in [6, 6.07) is 0. The van der Waals surface area contributed by atoms with Gasteiger partial charge in [0, 0.05) is 32.5 Å². The van der Waals surface area contributed by atoms with Gasteiger partial charge in [0.25, 0.3) is 0 Å². The Labute approximate surface area is 130 Å². The monoisotopic (exact) mass is 326 g/mol. The molecule has 0 radical (unpaired) electrons. The molecular formula is C14H22N4O3S. The van der Waals surface area contributed by atoms with Crippen LogP contribution in [0.1, 0.15) is 30.8 Å². The number of fused-ring (bicyclic) bond motifs is 1. The molecule has 1 fully saturated rings. The molecule has 0 spiro atoms. The van der Waals surface area contributed by atoms with Crippen LogP contribution in [0.5, 0.6) is 0 Å². The number of hydrogen-bond donors (Lipinski definition) is 1. The van der Waals surface area contributed by atoms with Crippen molar-refractivity contribution >= 4 is 15.9 Å². The molecule has 0 saturated heterocycles. The molecular weight excluding hydrogens is 304 g/mol. The number of rotatable bonds is 5. The van der Waals surface area contributed by atoms with Crippen LogP contribution in [0.3, 0.4) is 0 Å². The summed E-state index contributed by atoms with van der Waals surface area (Å²) in [6.07, 6.45) is 6.56. The molecule has 1 aromatic rings. The van der Waals surface area contributed by atoms with Crippen molar-refractivity contribution in [2.75, 3.05) is 19.3 Å². The quantitative estimate of drug-likeness (QED) is 0.833. The molecule has 7 nitrogen and oxygen atoms in total. The van der Waals surface area contributed by atoms with E-state index in [4.69, 9.17) is 0 Å². The van der Waals surface area contributed by atoms with E-state index in [1.807, 2.05) is 4.57 Å². The highest BCUT2D eigenvalue weighted by Gasteiger charge is 2.25. The summed E-state index contributed by atoms with van der Waals surface area (Å²) >= 11 is 0. The van der Waals surface area contributed by atoms with Gasteiger partial charge in [0.05, 0.1) is 24.7 Å². The van der Waals surface area contributed by atoms with Gasteiger partial charge in [-0.25, -0.2) is 13.4 Å². The number of imidazole rings is 1. The van der Waals surface area contributed by atoms with Crippen molar-refractivity contribution in [1.82, 2.24) is 19.2 Å². The molecule has 0 atom stereocenters. The summed E-state index contributed by atoms with van der Waals surface area (Å²) in [5.41, 5.74) is 0.939. The van der Waals surface area contributed by atoms with Gasteiger partial charge in [-0.1, -0.05) is 0 Å². The van der Waals surface area contributed by atoms with E-state index in [1.54, 1.807) is 6.20 Å². The Kier molecular flexibility index (Phi) is 4.22. The SMILES string of the molecule is CS(=O)(=O)N1CCc2ncc(CNC(=O)CC3CC3)n2CC1. The fourth-order valence-electron chi connectivity index (χ4n) is 2.79. The molecule has 2 heterocycles. The smallest absolute Gasteiger partial charge is 0.220 e. The Morgan fingerprint density at radius 2 is 2.14 bits per heavy atom. The lowest BCUT2D eigenvalue weighted by atomic mass is 10.3. The first kappa shape index (κ1) is 15.5. The fourth-order valence-corrected chi connectivity index (χ4v) is 3.63. The van der Waals surface area contributed by atoms with Gasteiger partial charge >= 0.3 is 0 Å². The van der Waals surface area contributed by atoms with E-state index < -0.39 is 10.0 Å². The molecule has 3 rings (SSSR count). The van der Waals surface area contributed by atoms with E-state index in [1.165, 1.54) is 10.6 Å². The van der Waals surface area contributed by atoms with Crippen molar-refractivity contribution in [2.45, 2.75) is 38.8 Å². The lowest BCUT2D eigenvalue weighted by Gasteiger charge is -2.16. The summed E-state index contributed by atoms with van der Waals surface area (Å²) in [4.78, 5) is 16.2. The number of nitrogens with zero attached hydrogens (tertiary/aromatic N) is 3. The summed E-state index contributed by atoms with van der Waals surface area (Å²) in [5, 5.41) is 2.94. The first-order valence-corrected chi connectivity index (χ1v) is 9.53. The van der Waals surface area contributed by atoms with Crippen LogP contribution >= 0.6 is 0 Å². The number of sulfonamides is 1. The molecule has 1 amide bonds. The van der Waals surface area contributed by atoms with Crippen LogP contribution in [0, 0.1) is 5.92 Å². The van der Waals surface area contributed by atoms with Gasteiger partial charge in [-0.05, 0) is 18.8 Å². The van der Waals surface area contributed by atoms with Crippen molar-refractivity contribution in [3.63, 3.8) is 0 Å². The van der Waals surface area contributed by atoms with Crippen LogP contribution in [-0.2, 0) is 34.3 Å². The maximum atomic E-state index is 11.8. The second kappa shape index (κ2) is 6.00. The number of aromatic nitrogens is 2. The molecule has 1 saturated carbocycles. The normalized spacial score (nSPS) is 19.5. The molecule has 1 aliphatic carbocycles. The standard InChI is InChI=1S/C14H22N4O3S/c1-22(20,21)17-5-4-13-15-9-12(18(13)7-6-17)10-16-14(19)8-11-2-3-11/h9,11H,2-8,10H2,1H3,(H,16,19). The second-order valence-corrected chi connectivity index (χ2v) is 8.14. The number of hydrogen-bond acceptors (Lipinski definition) is 4. The van der Waals surface area contributed by atoms with E-state index in [2.05, 4.69) is 10.3 Å². The zero-order chi connectivity index (χ0) is 15.7. The molecule has 0 unspecified atom stereocenters. The van der Waals surface area contributed by atoms with Crippen molar-refractivity contribution in [3.05, 3.63) is 17.7 Å². The van der Waals surface area contributed by atoms with Crippen LogP contribution in [0.2, 0.25) is 0 Å². The Morgan fingerprint density at radius 1 is 1.36 bits per heavy atom. The highest BCUT2D eigenvalue weighted by Crippen LogP contribution is 2.32. The lowest BCUT2D eigenvalue weighted by molar-refractivity contribution is -0.121. The average Bonchev–Trinajstić information content (AvgIpc) is 3.20. The zero-order valence-electron chi connectivity index (χ0n) is 12.8. The predicted octanol–water partition coefficient (Wildman–Crippen LogP) is 0.117. The van der Waals surface area contributed by atoms with Crippen LogP contribution in [0.4, 0.5) is 0 Å². The maximum absolute atomic E-state index is 11.8. The van der Waals surface area contributed by atoms with E-state index in [0.717, 1.165) is 24.4 Å². The van der Waals surface area contributed by atoms with Gasteiger partial charge in [0.15, 0.2) is 0 Å². The molecule has 22 heavy (non-hydrogen) atoms. The largest absolute Gasteiger partial charge is 0.350 e. The van der Waals surface area contributed by atoms with Crippen LogP contribution in [0.25, 0.3) is 0 Å². The predicted molar refractivity (Wildman–Crippen MR) is 81.5 cm³/mol. The van der Waals surface area contributed by atoms with Gasteiger partial charge in [0.1, 0.15) is 5.82 Å². The first-order valence-electron chi connectivity index (χ1n) is 7.68. The first-order chi connectivity index (χ1) is 10.4. The molecule has 8 heteroatoms. The summed E-state index contributed by atoms with van der Waals surface area (Å²) < 4.78 is 26.8. The third-order valence-corrected chi connectivity index (χ3v) is 5.59. The number of carbonyl (C=O) groups excluding carboxylic acids is 1.